The van der Waals surface area contributed by atoms with Gasteiger partial charge in [0.15, 0.2) is 11.6 Å². The molecule has 0 aliphatic carbocycles. The second-order valence-electron chi connectivity index (χ2n) is 12.7. The van der Waals surface area contributed by atoms with E-state index in [1.54, 1.807) is 0 Å². The lowest BCUT2D eigenvalue weighted by Crippen LogP contribution is -2.58. The zero-order valence-corrected chi connectivity index (χ0v) is 29.8. The number of nitrogens with zero attached hydrogens (tertiary/aromatic N) is 6. The molecule has 4 aliphatic rings. The quantitative estimate of drug-likeness (QED) is 0.0725. The lowest BCUT2D eigenvalue weighted by molar-refractivity contribution is -0.197. The summed E-state index contributed by atoms with van der Waals surface area (Å²) in [5, 5.41) is 1.76. The van der Waals surface area contributed by atoms with Crippen LogP contribution in [0.15, 0.2) is 24.3 Å². The molecule has 0 spiro atoms. The molecule has 0 unspecified atom stereocenters. The van der Waals surface area contributed by atoms with Gasteiger partial charge in [-0.15, -0.1) is 10.1 Å². The molecule has 56 heavy (non-hydrogen) atoms. The number of amides is 10. The van der Waals surface area contributed by atoms with Gasteiger partial charge in [-0.1, -0.05) is 0 Å². The summed E-state index contributed by atoms with van der Waals surface area (Å²) in [5.41, 5.74) is 0. The lowest BCUT2D eigenvalue weighted by atomic mass is 10.1. The highest BCUT2D eigenvalue weighted by Gasteiger charge is 2.37. The Hall–Kier alpha value is -6.74. The summed E-state index contributed by atoms with van der Waals surface area (Å²) in [4.78, 5) is 184. The molecule has 4 rings (SSSR count). The van der Waals surface area contributed by atoms with Crippen LogP contribution in [0.25, 0.3) is 0 Å². The molecule has 0 saturated carbocycles. The number of ketones is 2. The number of hydrazine groups is 1. The Morgan fingerprint density at radius 2 is 0.750 bits per heavy atom. The van der Waals surface area contributed by atoms with Gasteiger partial charge in [-0.25, -0.2) is 19.6 Å². The standard InChI is InChI=1S/C34H36N6O16/c41-21(5-1-3-7-33(53)55-39-27(47)13-14-28(39)48)17-37(31(51)19-35-23(43)9-10-24(35)44)38(32(52)20-36-25(45)11-12-26(36)46)18-22(42)6-2-4-8-34(54)56-40-29(49)15-16-30(40)50/h9-12H,1-8,13-20H2. The molecule has 0 atom stereocenters. The Morgan fingerprint density at radius 1 is 0.464 bits per heavy atom. The second-order valence-corrected chi connectivity index (χ2v) is 12.7. The highest BCUT2D eigenvalue weighted by molar-refractivity contribution is 6.15. The Balaban J connectivity index is 1.43. The summed E-state index contributed by atoms with van der Waals surface area (Å²) in [7, 11) is 0. The van der Waals surface area contributed by atoms with Gasteiger partial charge in [-0.3, -0.25) is 67.3 Å². The molecule has 2 fully saturated rings. The third-order valence-corrected chi connectivity index (χ3v) is 8.48. The number of hydrogen-bond acceptors (Lipinski definition) is 16. The molecule has 0 bridgehead atoms. The minimum atomic E-state index is -1.18. The van der Waals surface area contributed by atoms with E-state index < -0.39 is 109 Å². The van der Waals surface area contributed by atoms with Crippen LogP contribution in [0.4, 0.5) is 0 Å². The van der Waals surface area contributed by atoms with Gasteiger partial charge < -0.3 is 9.68 Å². The van der Waals surface area contributed by atoms with Crippen LogP contribution < -0.4 is 0 Å². The van der Waals surface area contributed by atoms with Crippen LogP contribution in [0.1, 0.15) is 77.0 Å². The van der Waals surface area contributed by atoms with Crippen molar-refractivity contribution >= 4 is 82.6 Å². The molecule has 0 aromatic rings. The molecule has 10 amide bonds. The monoisotopic (exact) mass is 784 g/mol. The molecule has 0 aromatic carbocycles. The van der Waals surface area contributed by atoms with Crippen molar-refractivity contribution in [3.63, 3.8) is 0 Å². The summed E-state index contributed by atoms with van der Waals surface area (Å²) in [5.74, 6) is -11.9. The third-order valence-electron chi connectivity index (χ3n) is 8.48. The molecular formula is C34H36N6O16. The van der Waals surface area contributed by atoms with E-state index in [4.69, 9.17) is 9.68 Å². The van der Waals surface area contributed by atoms with E-state index in [0.29, 0.717) is 29.9 Å². The van der Waals surface area contributed by atoms with Gasteiger partial charge in [0.25, 0.3) is 59.1 Å². The van der Waals surface area contributed by atoms with Crippen LogP contribution in [-0.4, -0.2) is 139 Å². The third kappa shape index (κ3) is 11.1. The number of hydrogen-bond donors (Lipinski definition) is 0. The van der Waals surface area contributed by atoms with Crippen LogP contribution >= 0.6 is 0 Å². The van der Waals surface area contributed by atoms with Gasteiger partial charge in [0.1, 0.15) is 26.2 Å². The first-order valence-corrected chi connectivity index (χ1v) is 17.4. The Labute approximate surface area is 316 Å². The van der Waals surface area contributed by atoms with Crippen LogP contribution in [0.3, 0.4) is 0 Å². The first-order chi connectivity index (χ1) is 26.5. The maximum Gasteiger partial charge on any atom is 0.333 e. The van der Waals surface area contributed by atoms with Gasteiger partial charge in [0, 0.05) is 75.7 Å². The Morgan fingerprint density at radius 3 is 1.05 bits per heavy atom. The Kier molecular flexibility index (Phi) is 14.3. The van der Waals surface area contributed by atoms with Crippen molar-refractivity contribution in [2.75, 3.05) is 26.2 Å². The normalized spacial score (nSPS) is 16.5. The summed E-state index contributed by atoms with van der Waals surface area (Å²) in [6, 6.07) is 0. The molecule has 0 aromatic heterocycles. The molecule has 4 aliphatic heterocycles. The fourth-order valence-corrected chi connectivity index (χ4v) is 5.51. The first kappa shape index (κ1) is 42.0. The van der Waals surface area contributed by atoms with Crippen LogP contribution in [0, 0.1) is 0 Å². The van der Waals surface area contributed by atoms with E-state index in [9.17, 15) is 67.1 Å². The van der Waals surface area contributed by atoms with Crippen LogP contribution in [-0.2, 0) is 76.8 Å². The number of unbranched alkanes of at least 4 members (excludes halogenated alkanes) is 2. The average Bonchev–Trinajstić information content (AvgIpc) is 3.86. The fraction of sp³-hybridized carbons (Fsp3) is 0.471. The zero-order valence-electron chi connectivity index (χ0n) is 29.8. The number of rotatable bonds is 20. The summed E-state index contributed by atoms with van der Waals surface area (Å²) in [6.45, 7) is -3.79. The molecule has 22 nitrogen and oxygen atoms in total. The van der Waals surface area contributed by atoms with Crippen molar-refractivity contribution in [1.82, 2.24) is 29.9 Å². The molecule has 0 radical (unpaired) electrons. The summed E-state index contributed by atoms with van der Waals surface area (Å²) in [6.07, 6.45) is 1.86. The van der Waals surface area contributed by atoms with Crippen molar-refractivity contribution < 1.29 is 76.8 Å². The SMILES string of the molecule is O=C(CCCCC(=O)ON1C(=O)CCC1=O)CN(C(=O)CN1C(=O)C=CC1=O)N(CC(=O)CCCCC(=O)ON1C(=O)CCC1=O)C(=O)CN1C(=O)C=CC1=O. The number of imide groups is 4. The predicted octanol–water partition coefficient (Wildman–Crippen LogP) is -2.12. The van der Waals surface area contributed by atoms with E-state index in [-0.39, 0.29) is 77.0 Å². The van der Waals surface area contributed by atoms with Gasteiger partial charge in [-0.2, -0.15) is 0 Å². The number of carbonyl (C=O) groups excluding carboxylic acids is 14. The van der Waals surface area contributed by atoms with Gasteiger partial charge in [0.2, 0.25) is 0 Å². The first-order valence-electron chi connectivity index (χ1n) is 17.4. The largest absolute Gasteiger partial charge is 0.333 e. The topological polar surface area (TPSA) is 277 Å². The van der Waals surface area contributed by atoms with Gasteiger partial charge in [0.05, 0.1) is 0 Å². The molecule has 22 heteroatoms. The fourth-order valence-electron chi connectivity index (χ4n) is 5.51. The predicted molar refractivity (Wildman–Crippen MR) is 176 cm³/mol. The van der Waals surface area contributed by atoms with Gasteiger partial charge >= 0.3 is 11.9 Å². The highest BCUT2D eigenvalue weighted by Crippen LogP contribution is 2.17. The van der Waals surface area contributed by atoms with Crippen molar-refractivity contribution in [2.45, 2.75) is 77.0 Å². The van der Waals surface area contributed by atoms with Crippen LogP contribution in [0.2, 0.25) is 0 Å². The molecule has 298 valence electrons. The van der Waals surface area contributed by atoms with Crippen molar-refractivity contribution in [3.8, 4) is 0 Å². The van der Waals surface area contributed by atoms with E-state index in [1.165, 1.54) is 0 Å². The molecule has 2 saturated heterocycles. The van der Waals surface area contributed by atoms with Crippen molar-refractivity contribution in [3.05, 3.63) is 24.3 Å². The number of hydroxylamine groups is 4. The van der Waals surface area contributed by atoms with Crippen LogP contribution in [0.5, 0.6) is 0 Å². The van der Waals surface area contributed by atoms with Crippen molar-refractivity contribution in [2.24, 2.45) is 0 Å². The second kappa shape index (κ2) is 19.0. The highest BCUT2D eigenvalue weighted by atomic mass is 16.7. The molecular weight excluding hydrogens is 748 g/mol. The smallest absolute Gasteiger partial charge is 0.330 e. The summed E-state index contributed by atoms with van der Waals surface area (Å²) < 4.78 is 0. The van der Waals surface area contributed by atoms with Crippen molar-refractivity contribution in [1.29, 1.82) is 0 Å². The number of carbonyl (C=O) groups is 14. The average molecular weight is 785 g/mol. The maximum atomic E-state index is 13.7. The Bertz CT molecular complexity index is 1640. The molecule has 0 N–H and O–H groups in total. The maximum absolute atomic E-state index is 13.7. The zero-order chi connectivity index (χ0) is 41.1. The van der Waals surface area contributed by atoms with E-state index >= 15 is 0 Å². The minimum absolute atomic E-state index is 0.00269. The van der Waals surface area contributed by atoms with E-state index in [0.717, 1.165) is 24.3 Å². The van der Waals surface area contributed by atoms with E-state index in [2.05, 4.69) is 0 Å². The van der Waals surface area contributed by atoms with Gasteiger partial charge in [-0.05, 0) is 25.7 Å². The summed E-state index contributed by atoms with van der Waals surface area (Å²) >= 11 is 0. The lowest BCUT2D eigenvalue weighted by Gasteiger charge is -2.35. The minimum Gasteiger partial charge on any atom is -0.330 e. The number of Topliss-reactive ketones (excluding diaryl/α,β-unsaturated/α-hetero) is 2. The molecule has 4 heterocycles. The van der Waals surface area contributed by atoms with E-state index in [1.807, 2.05) is 0 Å².